The molecule has 0 aromatic heterocycles. The molecular formula is C57H90F3NO15. The molecule has 1 unspecified atom stereocenters. The van der Waals surface area contributed by atoms with Crippen LogP contribution in [0.4, 0.5) is 13.2 Å². The zero-order chi connectivity index (χ0) is 56.5. The third-order valence-electron chi connectivity index (χ3n) is 16.1. The van der Waals surface area contributed by atoms with Gasteiger partial charge in [0.05, 0.1) is 50.8 Å². The number of aliphatic hydroxyl groups excluding tert-OH is 2. The lowest BCUT2D eigenvalue weighted by Crippen LogP contribution is -2.68. The first-order valence-electron chi connectivity index (χ1n) is 27.4. The number of nitrogens with zero attached hydrogens (tertiary/aromatic N) is 1. The van der Waals surface area contributed by atoms with Gasteiger partial charge in [0.25, 0.3) is 5.91 Å². The molecule has 16 nitrogen and oxygen atoms in total. The van der Waals surface area contributed by atoms with Crippen LogP contribution in [0.1, 0.15) is 132 Å². The van der Waals surface area contributed by atoms with Gasteiger partial charge in [0.1, 0.15) is 42.3 Å². The molecule has 3 fully saturated rings. The summed E-state index contributed by atoms with van der Waals surface area (Å²) >= 11 is 0. The van der Waals surface area contributed by atoms with Gasteiger partial charge in [0.15, 0.2) is 5.78 Å². The van der Waals surface area contributed by atoms with Gasteiger partial charge in [-0.15, -0.1) is 0 Å². The molecule has 1 saturated carbocycles. The van der Waals surface area contributed by atoms with Gasteiger partial charge in [0, 0.05) is 45.4 Å². The van der Waals surface area contributed by atoms with Crippen LogP contribution in [0.5, 0.6) is 0 Å². The van der Waals surface area contributed by atoms with E-state index in [1.807, 2.05) is 26.0 Å². The number of halogens is 3. The van der Waals surface area contributed by atoms with Crippen LogP contribution >= 0.6 is 0 Å². The topological polar surface area (TPSA) is 217 Å². The fourth-order valence-corrected chi connectivity index (χ4v) is 11.3. The molecule has 0 amide bonds. The van der Waals surface area contributed by atoms with Crippen molar-refractivity contribution in [3.63, 3.8) is 0 Å². The standard InChI is InChI=1S/C57H90F3NO15/c1-35-16-12-11-13-17-36(2)47(74-27-26-72-34-56(58,59)60)32-43-21-19-41(7)55(8,76-43)54(67)57(68,69)61-23-15-14-18-44(61)53(66)75-48(38(4)30-42-20-22-46(73-25-24-62)49(31-42)70-9)33-45(63)37(3)29-40(6)51(65)52(71-10)50(64)39(5)28-35/h11-13,16-17,29,35,37-39,41-44,46-49,51-52,62,65,68-69H,14-15,18-28,30-34H2,1-10H3/b13-11+,16-12+,36-17+,40-29+/t35-,37-,38-,39-,41-,42+,43+,44+,46-,47?,48+,49-,51-,52+,55-/m1/s1. The van der Waals surface area contributed by atoms with E-state index >= 15 is 0 Å². The molecule has 3 aliphatic heterocycles. The van der Waals surface area contributed by atoms with Crippen molar-refractivity contribution in [3.8, 4) is 0 Å². The van der Waals surface area contributed by atoms with Crippen molar-refractivity contribution in [2.45, 2.75) is 199 Å². The Morgan fingerprint density at radius 2 is 1.58 bits per heavy atom. The number of hydrogen-bond acceptors (Lipinski definition) is 16. The van der Waals surface area contributed by atoms with E-state index in [9.17, 15) is 52.8 Å². The SMILES string of the molecule is CO[C@@H]1C[C@H](C[C@@H](C)[C@@H]2CC(=O)[C@H](C)/C=C(\C)[C@@H](O)[C@@H](OC)C(=O)[C@H](C)C[C@H](C)/C=C/C=C/C=C(\C)C(OCCOCC(F)(F)F)C[C@@H]3CC[C@@H](C)[C@@](C)(O3)C(=O)C(O)(O)N3CCCC[C@H]3C(=O)O2)CC[C@H]1OCCO. The number of fused-ring (bicyclic) bond motifs is 3. The maximum absolute atomic E-state index is 14.8. The van der Waals surface area contributed by atoms with E-state index in [1.165, 1.54) is 14.0 Å². The minimum atomic E-state index is -4.52. The molecule has 0 radical (unpaired) electrons. The highest BCUT2D eigenvalue weighted by Crippen LogP contribution is 2.41. The Hall–Kier alpha value is -3.21. The zero-order valence-corrected chi connectivity index (χ0v) is 46.6. The summed E-state index contributed by atoms with van der Waals surface area (Å²) in [7, 11) is 2.95. The number of alkyl halides is 3. The highest BCUT2D eigenvalue weighted by molar-refractivity contribution is 5.93. The van der Waals surface area contributed by atoms with Crippen LogP contribution in [0.2, 0.25) is 0 Å². The maximum Gasteiger partial charge on any atom is 0.411 e. The van der Waals surface area contributed by atoms with Crippen molar-refractivity contribution in [1.29, 1.82) is 0 Å². The molecule has 1 aliphatic carbocycles. The highest BCUT2D eigenvalue weighted by Gasteiger charge is 2.58. The van der Waals surface area contributed by atoms with E-state index in [4.69, 9.17) is 33.2 Å². The van der Waals surface area contributed by atoms with Crippen LogP contribution in [0.3, 0.4) is 0 Å². The number of ketones is 3. The van der Waals surface area contributed by atoms with Gasteiger partial charge in [-0.2, -0.15) is 13.2 Å². The zero-order valence-electron chi connectivity index (χ0n) is 46.6. The van der Waals surface area contributed by atoms with Crippen molar-refractivity contribution in [2.24, 2.45) is 35.5 Å². The lowest BCUT2D eigenvalue weighted by Gasteiger charge is -2.48. The minimum Gasteiger partial charge on any atom is -0.460 e. The van der Waals surface area contributed by atoms with Gasteiger partial charge in [0.2, 0.25) is 5.78 Å². The van der Waals surface area contributed by atoms with Crippen LogP contribution in [0, 0.1) is 35.5 Å². The molecule has 4 rings (SSSR count). The van der Waals surface area contributed by atoms with Gasteiger partial charge < -0.3 is 53.6 Å². The lowest BCUT2D eigenvalue weighted by atomic mass is 9.77. The average Bonchev–Trinajstić information content (AvgIpc) is 3.37. The van der Waals surface area contributed by atoms with E-state index in [0.717, 1.165) is 11.3 Å². The Bertz CT molecular complexity index is 1990. The molecule has 2 bridgehead atoms. The molecule has 4 N–H and O–H groups in total. The van der Waals surface area contributed by atoms with Crippen LogP contribution in [0.25, 0.3) is 0 Å². The van der Waals surface area contributed by atoms with Crippen molar-refractivity contribution in [1.82, 2.24) is 4.90 Å². The first kappa shape index (κ1) is 65.3. The lowest BCUT2D eigenvalue weighted by molar-refractivity contribution is -0.281. The van der Waals surface area contributed by atoms with Crippen LogP contribution in [0.15, 0.2) is 47.6 Å². The number of methoxy groups -OCH3 is 2. The van der Waals surface area contributed by atoms with E-state index < -0.39 is 96.3 Å². The largest absolute Gasteiger partial charge is 0.460 e. The predicted molar refractivity (Wildman–Crippen MR) is 277 cm³/mol. The Morgan fingerprint density at radius 1 is 0.855 bits per heavy atom. The van der Waals surface area contributed by atoms with Crippen molar-refractivity contribution < 1.29 is 85.9 Å². The molecule has 0 aromatic rings. The third-order valence-corrected chi connectivity index (χ3v) is 16.1. The first-order valence-corrected chi connectivity index (χ1v) is 27.4. The monoisotopic (exact) mass is 1090 g/mol. The minimum absolute atomic E-state index is 0.0589. The molecule has 15 atom stereocenters. The number of carbonyl (C=O) groups excluding carboxylic acids is 4. The quantitative estimate of drug-likeness (QED) is 0.0615. The van der Waals surface area contributed by atoms with Crippen LogP contribution in [-0.2, 0) is 52.3 Å². The molecule has 0 spiro atoms. The van der Waals surface area contributed by atoms with Gasteiger partial charge in [-0.1, -0.05) is 77.5 Å². The smallest absolute Gasteiger partial charge is 0.411 e. The second-order valence-electron chi connectivity index (χ2n) is 22.2. The number of piperidine rings is 1. The molecule has 19 heteroatoms. The molecule has 434 valence electrons. The van der Waals surface area contributed by atoms with E-state index in [2.05, 4.69) is 0 Å². The van der Waals surface area contributed by atoms with Gasteiger partial charge >= 0.3 is 12.1 Å². The number of carbonyl (C=O) groups is 4. The summed E-state index contributed by atoms with van der Waals surface area (Å²) < 4.78 is 79.7. The number of Topliss-reactive ketones (excluding diaryl/α,β-unsaturated/α-hetero) is 3. The van der Waals surface area contributed by atoms with Crippen molar-refractivity contribution in [3.05, 3.63) is 47.6 Å². The van der Waals surface area contributed by atoms with Crippen molar-refractivity contribution in [2.75, 3.05) is 53.8 Å². The van der Waals surface area contributed by atoms with Crippen LogP contribution in [-0.4, -0.2) is 169 Å². The van der Waals surface area contributed by atoms with Crippen LogP contribution < -0.4 is 0 Å². The summed E-state index contributed by atoms with van der Waals surface area (Å²) in [5.41, 5.74) is -0.756. The van der Waals surface area contributed by atoms with Crippen molar-refractivity contribution >= 4 is 23.3 Å². The number of esters is 1. The molecule has 2 saturated heterocycles. The fraction of sp³-hybridized carbons (Fsp3) is 0.789. The molecule has 4 aliphatic rings. The van der Waals surface area contributed by atoms with Gasteiger partial charge in [-0.25, -0.2) is 4.90 Å². The van der Waals surface area contributed by atoms with Gasteiger partial charge in [-0.3, -0.25) is 19.2 Å². The Kier molecular flexibility index (Phi) is 26.1. The Morgan fingerprint density at radius 3 is 2.25 bits per heavy atom. The third kappa shape index (κ3) is 18.7. The average molecular weight is 1090 g/mol. The summed E-state index contributed by atoms with van der Waals surface area (Å²) in [6.07, 6.45) is 5.52. The number of hydrogen-bond donors (Lipinski definition) is 4. The summed E-state index contributed by atoms with van der Waals surface area (Å²) in [6, 6.07) is -1.31. The summed E-state index contributed by atoms with van der Waals surface area (Å²) in [5, 5.41) is 45.1. The molecule has 0 aromatic carbocycles. The number of rotatable bonds is 13. The number of ether oxygens (including phenoxy) is 7. The van der Waals surface area contributed by atoms with E-state index in [1.54, 1.807) is 66.0 Å². The Labute approximate surface area is 448 Å². The molecule has 3 heterocycles. The van der Waals surface area contributed by atoms with Gasteiger partial charge in [-0.05, 0) is 113 Å². The number of cyclic esters (lactones) is 1. The highest BCUT2D eigenvalue weighted by atomic mass is 19.4. The second-order valence-corrected chi connectivity index (χ2v) is 22.2. The first-order chi connectivity index (χ1) is 35.8. The molecule has 76 heavy (non-hydrogen) atoms. The summed E-state index contributed by atoms with van der Waals surface area (Å²) in [6.45, 7) is 12.0. The molecular weight excluding hydrogens is 996 g/mol. The summed E-state index contributed by atoms with van der Waals surface area (Å²) in [5.74, 6) is -7.99. The van der Waals surface area contributed by atoms with E-state index in [-0.39, 0.29) is 87.8 Å². The fourth-order valence-electron chi connectivity index (χ4n) is 11.3. The summed E-state index contributed by atoms with van der Waals surface area (Å²) in [4.78, 5) is 58.7. The van der Waals surface area contributed by atoms with E-state index in [0.29, 0.717) is 62.5 Å². The second kappa shape index (κ2) is 30.4. The normalized spacial score (nSPS) is 37.5. The predicted octanol–water partition coefficient (Wildman–Crippen LogP) is 7.33. The Balaban J connectivity index is 1.74. The maximum atomic E-state index is 14.8. The number of aliphatic hydroxyl groups is 4. The number of allylic oxidation sites excluding steroid dienone is 6.